The lowest BCUT2D eigenvalue weighted by Gasteiger charge is -2.19. The molecule has 1 unspecified atom stereocenters. The molecule has 0 aliphatic carbocycles. The summed E-state index contributed by atoms with van der Waals surface area (Å²) in [5, 5.41) is 2.65. The van der Waals surface area contributed by atoms with Crippen LogP contribution in [-0.4, -0.2) is 29.9 Å². The van der Waals surface area contributed by atoms with E-state index in [0.29, 0.717) is 5.82 Å². The number of nitrogens with one attached hydrogen (secondary N) is 1. The van der Waals surface area contributed by atoms with E-state index >= 15 is 0 Å². The third kappa shape index (κ3) is 7.66. The lowest BCUT2D eigenvalue weighted by molar-refractivity contribution is 0.0635. The summed E-state index contributed by atoms with van der Waals surface area (Å²) in [7, 11) is 1.72. The molecule has 0 fully saturated rings. The summed E-state index contributed by atoms with van der Waals surface area (Å²) >= 11 is 0. The first-order chi connectivity index (χ1) is 9.80. The van der Waals surface area contributed by atoms with Gasteiger partial charge in [-0.05, 0) is 64.7 Å². The number of hydrogen-bond acceptors (Lipinski definition) is 4. The van der Waals surface area contributed by atoms with Crippen molar-refractivity contribution in [3.8, 4) is 0 Å². The fourth-order valence-electron chi connectivity index (χ4n) is 1.82. The molecule has 1 N–H and O–H groups in total. The van der Waals surface area contributed by atoms with Crippen LogP contribution >= 0.6 is 0 Å². The molecule has 0 aliphatic heterocycles. The summed E-state index contributed by atoms with van der Waals surface area (Å²) in [4.78, 5) is 15.8. The number of rotatable bonds is 6. The highest BCUT2D eigenvalue weighted by Crippen LogP contribution is 2.13. The van der Waals surface area contributed by atoms with Gasteiger partial charge in [-0.1, -0.05) is 0 Å². The van der Waals surface area contributed by atoms with E-state index in [1.807, 2.05) is 32.9 Å². The second kappa shape index (κ2) is 7.98. The highest BCUT2D eigenvalue weighted by molar-refractivity contribution is 5.83. The Hall–Kier alpha value is -1.62. The second-order valence-corrected chi connectivity index (χ2v) is 6.11. The molecular formula is C16H26N2O3. The zero-order chi connectivity index (χ0) is 15.9. The van der Waals surface area contributed by atoms with Gasteiger partial charge < -0.3 is 9.47 Å². The number of methoxy groups -OCH3 is 1. The van der Waals surface area contributed by atoms with Gasteiger partial charge in [0.05, 0.1) is 6.10 Å². The smallest absolute Gasteiger partial charge is 0.413 e. The first-order valence-corrected chi connectivity index (χ1v) is 7.28. The van der Waals surface area contributed by atoms with Gasteiger partial charge in [-0.3, -0.25) is 5.32 Å². The van der Waals surface area contributed by atoms with Crippen LogP contribution in [0.5, 0.6) is 0 Å². The van der Waals surface area contributed by atoms with Crippen LogP contribution in [-0.2, 0) is 15.9 Å². The van der Waals surface area contributed by atoms with Crippen LogP contribution in [0.4, 0.5) is 10.6 Å². The molecule has 1 atom stereocenters. The molecule has 0 aliphatic rings. The first kappa shape index (κ1) is 17.4. The zero-order valence-electron chi connectivity index (χ0n) is 13.6. The van der Waals surface area contributed by atoms with Crippen molar-refractivity contribution in [2.75, 3.05) is 12.4 Å². The summed E-state index contributed by atoms with van der Waals surface area (Å²) in [6.07, 6.45) is 4.45. The van der Waals surface area contributed by atoms with Gasteiger partial charge in [0.15, 0.2) is 0 Å². The van der Waals surface area contributed by atoms with Crippen LogP contribution in [0.3, 0.4) is 0 Å². The van der Waals surface area contributed by atoms with Crippen LogP contribution in [0.2, 0.25) is 0 Å². The fraction of sp³-hybridized carbons (Fsp3) is 0.625. The minimum atomic E-state index is -0.516. The third-order valence-electron chi connectivity index (χ3n) is 2.93. The number of aromatic nitrogens is 1. The molecule has 0 saturated heterocycles. The average molecular weight is 294 g/mol. The number of ether oxygens (including phenoxy) is 2. The predicted molar refractivity (Wildman–Crippen MR) is 83.5 cm³/mol. The van der Waals surface area contributed by atoms with Gasteiger partial charge in [0.25, 0.3) is 0 Å². The van der Waals surface area contributed by atoms with Gasteiger partial charge >= 0.3 is 6.09 Å². The monoisotopic (exact) mass is 294 g/mol. The molecule has 1 aromatic rings. The normalized spacial score (nSPS) is 12.8. The number of hydrogen-bond donors (Lipinski definition) is 1. The number of amides is 1. The van der Waals surface area contributed by atoms with Gasteiger partial charge in [-0.25, -0.2) is 9.78 Å². The highest BCUT2D eigenvalue weighted by Gasteiger charge is 2.16. The average Bonchev–Trinajstić information content (AvgIpc) is 2.36. The van der Waals surface area contributed by atoms with Crippen molar-refractivity contribution in [3.63, 3.8) is 0 Å². The molecule has 5 nitrogen and oxygen atoms in total. The van der Waals surface area contributed by atoms with Crippen LogP contribution in [0.15, 0.2) is 18.3 Å². The second-order valence-electron chi connectivity index (χ2n) is 6.11. The summed E-state index contributed by atoms with van der Waals surface area (Å²) in [6, 6.07) is 3.83. The van der Waals surface area contributed by atoms with Crippen LogP contribution in [0.1, 0.15) is 46.1 Å². The Morgan fingerprint density at radius 2 is 2.14 bits per heavy atom. The van der Waals surface area contributed by atoms with E-state index < -0.39 is 11.7 Å². The molecule has 0 bridgehead atoms. The Bertz CT molecular complexity index is 455. The van der Waals surface area contributed by atoms with Crippen molar-refractivity contribution >= 4 is 11.9 Å². The minimum Gasteiger partial charge on any atom is -0.444 e. The highest BCUT2D eigenvalue weighted by atomic mass is 16.6. The topological polar surface area (TPSA) is 60.5 Å². The lowest BCUT2D eigenvalue weighted by Crippen LogP contribution is -2.27. The quantitative estimate of drug-likeness (QED) is 0.867. The number of pyridine rings is 1. The Morgan fingerprint density at radius 3 is 2.76 bits per heavy atom. The summed E-state index contributed by atoms with van der Waals surface area (Å²) < 4.78 is 10.4. The predicted octanol–water partition coefficient (Wildman–Crippen LogP) is 3.79. The maximum atomic E-state index is 11.7. The molecule has 0 saturated carbocycles. The molecule has 0 spiro atoms. The summed E-state index contributed by atoms with van der Waals surface area (Å²) in [5.74, 6) is 0.515. The van der Waals surface area contributed by atoms with Gasteiger partial charge in [-0.2, -0.15) is 0 Å². The van der Waals surface area contributed by atoms with Crippen molar-refractivity contribution < 1.29 is 14.3 Å². The van der Waals surface area contributed by atoms with E-state index in [9.17, 15) is 4.79 Å². The Morgan fingerprint density at radius 1 is 1.43 bits per heavy atom. The molecule has 0 radical (unpaired) electrons. The SMILES string of the molecule is COC(C)CCCc1ccnc(NC(=O)OC(C)(C)C)c1. The summed E-state index contributed by atoms with van der Waals surface area (Å²) in [5.41, 5.74) is 0.622. The number of carbonyl (C=O) groups excluding carboxylic acids is 1. The molecule has 1 amide bonds. The van der Waals surface area contributed by atoms with Crippen molar-refractivity contribution in [3.05, 3.63) is 23.9 Å². The van der Waals surface area contributed by atoms with E-state index in [2.05, 4.69) is 17.2 Å². The van der Waals surface area contributed by atoms with E-state index in [0.717, 1.165) is 24.8 Å². The van der Waals surface area contributed by atoms with E-state index in [4.69, 9.17) is 9.47 Å². The standard InChI is InChI=1S/C16H26N2O3/c1-12(20-5)7-6-8-13-9-10-17-14(11-13)18-15(19)21-16(2,3)4/h9-12H,6-8H2,1-5H3,(H,17,18,19). The molecule has 0 aromatic carbocycles. The van der Waals surface area contributed by atoms with Crippen molar-refractivity contribution in [2.24, 2.45) is 0 Å². The molecule has 1 aromatic heterocycles. The van der Waals surface area contributed by atoms with Gasteiger partial charge in [-0.15, -0.1) is 0 Å². The van der Waals surface area contributed by atoms with Crippen molar-refractivity contribution in [1.29, 1.82) is 0 Å². The molecule has 21 heavy (non-hydrogen) atoms. The fourth-order valence-corrected chi connectivity index (χ4v) is 1.82. The molecule has 1 rings (SSSR count). The number of aryl methyl sites for hydroxylation is 1. The maximum absolute atomic E-state index is 11.7. The van der Waals surface area contributed by atoms with Gasteiger partial charge in [0.2, 0.25) is 0 Å². The molecule has 118 valence electrons. The first-order valence-electron chi connectivity index (χ1n) is 7.28. The number of anilines is 1. The van der Waals surface area contributed by atoms with Crippen molar-refractivity contribution in [1.82, 2.24) is 4.98 Å². The Labute approximate surface area is 127 Å². The minimum absolute atomic E-state index is 0.270. The van der Waals surface area contributed by atoms with Gasteiger partial charge in [0, 0.05) is 13.3 Å². The molecule has 1 heterocycles. The molecular weight excluding hydrogens is 268 g/mol. The lowest BCUT2D eigenvalue weighted by atomic mass is 10.1. The third-order valence-corrected chi connectivity index (χ3v) is 2.93. The van der Waals surface area contributed by atoms with E-state index in [1.165, 1.54) is 0 Å². The Balaban J connectivity index is 2.50. The maximum Gasteiger partial charge on any atom is 0.413 e. The van der Waals surface area contributed by atoms with Crippen LogP contribution < -0.4 is 5.32 Å². The van der Waals surface area contributed by atoms with E-state index in [-0.39, 0.29) is 6.10 Å². The van der Waals surface area contributed by atoms with Crippen LogP contribution in [0.25, 0.3) is 0 Å². The largest absolute Gasteiger partial charge is 0.444 e. The van der Waals surface area contributed by atoms with Gasteiger partial charge in [0.1, 0.15) is 11.4 Å². The molecule has 5 heteroatoms. The zero-order valence-corrected chi connectivity index (χ0v) is 13.6. The number of carbonyl (C=O) groups is 1. The van der Waals surface area contributed by atoms with Crippen molar-refractivity contribution in [2.45, 2.75) is 58.7 Å². The van der Waals surface area contributed by atoms with E-state index in [1.54, 1.807) is 13.3 Å². The van der Waals surface area contributed by atoms with Crippen LogP contribution in [0, 0.1) is 0 Å². The number of nitrogens with zero attached hydrogens (tertiary/aromatic N) is 1. The summed E-state index contributed by atoms with van der Waals surface area (Å²) in [6.45, 7) is 7.54. The Kier molecular flexibility index (Phi) is 6.62.